The van der Waals surface area contributed by atoms with Crippen molar-refractivity contribution in [1.82, 2.24) is 10.3 Å². The molecule has 0 bridgehead atoms. The van der Waals surface area contributed by atoms with E-state index in [2.05, 4.69) is 10.3 Å². The Balaban J connectivity index is 2.42. The molecule has 0 amide bonds. The van der Waals surface area contributed by atoms with E-state index in [1.807, 2.05) is 37.3 Å². The maximum Gasteiger partial charge on any atom is 0.316 e. The van der Waals surface area contributed by atoms with E-state index in [4.69, 9.17) is 21.4 Å². The third-order valence-electron chi connectivity index (χ3n) is 2.33. The molecule has 4 nitrogen and oxygen atoms in total. The van der Waals surface area contributed by atoms with Gasteiger partial charge in [-0.3, -0.25) is 0 Å². The van der Waals surface area contributed by atoms with Gasteiger partial charge in [0.25, 0.3) is 0 Å². The Kier molecular flexibility index (Phi) is 3.94. The Morgan fingerprint density at radius 1 is 1.39 bits per heavy atom. The second kappa shape index (κ2) is 5.64. The fraction of sp³-hybridized carbons (Fsp3) is 0.231. The van der Waals surface area contributed by atoms with Crippen molar-refractivity contribution in [2.75, 3.05) is 13.7 Å². The molecule has 0 radical (unpaired) electrons. The van der Waals surface area contributed by atoms with Crippen molar-refractivity contribution in [1.29, 1.82) is 0 Å². The normalized spacial score (nSPS) is 10.1. The summed E-state index contributed by atoms with van der Waals surface area (Å²) in [5.41, 5.74) is 1.43. The minimum Gasteiger partial charge on any atom is -0.464 e. The number of aromatic nitrogens is 1. The molecular weight excluding hydrogens is 248 g/mol. The summed E-state index contributed by atoms with van der Waals surface area (Å²) in [6, 6.07) is 9.64. The number of ether oxygens (including phenoxy) is 1. The topological polar surface area (TPSA) is 47.3 Å². The van der Waals surface area contributed by atoms with Crippen LogP contribution in [-0.4, -0.2) is 23.6 Å². The zero-order chi connectivity index (χ0) is 13.0. The molecule has 0 atom stereocenters. The van der Waals surface area contributed by atoms with Gasteiger partial charge >= 0.3 is 5.95 Å². The fourth-order valence-corrected chi connectivity index (χ4v) is 1.63. The molecule has 94 valence electrons. The van der Waals surface area contributed by atoms with Gasteiger partial charge in [-0.05, 0) is 19.1 Å². The molecule has 0 aliphatic heterocycles. The van der Waals surface area contributed by atoms with Crippen molar-refractivity contribution in [2.45, 2.75) is 6.92 Å². The fourth-order valence-electron chi connectivity index (χ4n) is 1.50. The van der Waals surface area contributed by atoms with Crippen LogP contribution in [0, 0.1) is 0 Å². The number of rotatable bonds is 4. The average molecular weight is 262 g/mol. The molecule has 1 heterocycles. The van der Waals surface area contributed by atoms with Crippen LogP contribution in [0.25, 0.3) is 11.5 Å². The molecule has 0 saturated heterocycles. The first-order valence-corrected chi connectivity index (χ1v) is 6.08. The van der Waals surface area contributed by atoms with Crippen molar-refractivity contribution in [2.24, 2.45) is 0 Å². The Morgan fingerprint density at radius 3 is 2.72 bits per heavy atom. The highest BCUT2D eigenvalue weighted by Gasteiger charge is 2.18. The van der Waals surface area contributed by atoms with Gasteiger partial charge < -0.3 is 14.5 Å². The van der Waals surface area contributed by atoms with Crippen LogP contribution in [0.4, 0.5) is 0 Å². The molecule has 0 fully saturated rings. The molecule has 18 heavy (non-hydrogen) atoms. The van der Waals surface area contributed by atoms with E-state index in [0.29, 0.717) is 29.1 Å². The minimum atomic E-state index is 0.357. The van der Waals surface area contributed by atoms with Crippen LogP contribution >= 0.6 is 12.2 Å². The number of hydrogen-bond acceptors (Lipinski definition) is 4. The molecule has 1 aromatic carbocycles. The molecule has 5 heteroatoms. The Morgan fingerprint density at radius 2 is 2.11 bits per heavy atom. The molecular formula is C13H14N2O2S. The lowest BCUT2D eigenvalue weighted by molar-refractivity contribution is 0.260. The third-order valence-corrected chi connectivity index (χ3v) is 2.73. The molecule has 0 spiro atoms. The molecule has 2 rings (SSSR count). The maximum absolute atomic E-state index is 5.60. The van der Waals surface area contributed by atoms with Crippen molar-refractivity contribution in [3.8, 4) is 17.4 Å². The number of nitrogens with zero attached hydrogens (tertiary/aromatic N) is 1. The van der Waals surface area contributed by atoms with E-state index < -0.39 is 0 Å². The first-order valence-electron chi connectivity index (χ1n) is 5.67. The molecule has 0 saturated carbocycles. The quantitative estimate of drug-likeness (QED) is 0.858. The van der Waals surface area contributed by atoms with E-state index in [9.17, 15) is 0 Å². The van der Waals surface area contributed by atoms with Gasteiger partial charge in [-0.25, -0.2) is 4.98 Å². The zero-order valence-electron chi connectivity index (χ0n) is 10.3. The van der Waals surface area contributed by atoms with Crippen LogP contribution in [0.2, 0.25) is 0 Å². The summed E-state index contributed by atoms with van der Waals surface area (Å²) >= 11 is 5.17. The summed E-state index contributed by atoms with van der Waals surface area (Å²) in [6.07, 6.45) is 0. The SMILES string of the molecule is CCOc1oc(-c2ccccc2)nc1C(=S)NC. The second-order valence-corrected chi connectivity index (χ2v) is 3.94. The first-order chi connectivity index (χ1) is 8.76. The summed E-state index contributed by atoms with van der Waals surface area (Å²) in [5, 5.41) is 2.87. The lowest BCUT2D eigenvalue weighted by Crippen LogP contribution is -2.17. The van der Waals surface area contributed by atoms with E-state index in [1.54, 1.807) is 7.05 Å². The maximum atomic E-state index is 5.60. The Hall–Kier alpha value is -1.88. The molecule has 0 aliphatic carbocycles. The monoisotopic (exact) mass is 262 g/mol. The van der Waals surface area contributed by atoms with Crippen LogP contribution < -0.4 is 10.1 Å². The highest BCUT2D eigenvalue weighted by Crippen LogP contribution is 2.27. The Labute approximate surface area is 111 Å². The second-order valence-electron chi connectivity index (χ2n) is 3.53. The standard InChI is InChI=1S/C13H14N2O2S/c1-3-16-13-10(12(18)14-2)15-11(17-13)9-7-5-4-6-8-9/h4-8H,3H2,1-2H3,(H,14,18). The van der Waals surface area contributed by atoms with Crippen molar-refractivity contribution in [3.63, 3.8) is 0 Å². The smallest absolute Gasteiger partial charge is 0.316 e. The predicted molar refractivity (Wildman–Crippen MR) is 73.9 cm³/mol. The summed E-state index contributed by atoms with van der Waals surface area (Å²) in [6.45, 7) is 2.39. The highest BCUT2D eigenvalue weighted by molar-refractivity contribution is 7.80. The largest absolute Gasteiger partial charge is 0.464 e. The molecule has 2 aromatic rings. The first kappa shape index (κ1) is 12.6. The lowest BCUT2D eigenvalue weighted by atomic mass is 10.2. The van der Waals surface area contributed by atoms with E-state index >= 15 is 0 Å². The number of nitrogens with one attached hydrogen (secondary N) is 1. The third kappa shape index (κ3) is 2.51. The number of benzene rings is 1. The van der Waals surface area contributed by atoms with Crippen LogP contribution in [0.5, 0.6) is 5.95 Å². The molecule has 1 N–H and O–H groups in total. The van der Waals surface area contributed by atoms with Gasteiger partial charge in [-0.2, -0.15) is 0 Å². The van der Waals surface area contributed by atoms with Crippen LogP contribution in [0.1, 0.15) is 12.6 Å². The van der Waals surface area contributed by atoms with Crippen LogP contribution in [0.3, 0.4) is 0 Å². The minimum absolute atomic E-state index is 0.357. The number of hydrogen-bond donors (Lipinski definition) is 1. The highest BCUT2D eigenvalue weighted by atomic mass is 32.1. The van der Waals surface area contributed by atoms with E-state index in [1.165, 1.54) is 0 Å². The van der Waals surface area contributed by atoms with Gasteiger partial charge in [0.2, 0.25) is 5.89 Å². The summed E-state index contributed by atoms with van der Waals surface area (Å²) in [5.74, 6) is 0.863. The lowest BCUT2D eigenvalue weighted by Gasteiger charge is -2.01. The molecule has 1 aromatic heterocycles. The van der Waals surface area contributed by atoms with Gasteiger partial charge in [0.1, 0.15) is 4.99 Å². The van der Waals surface area contributed by atoms with Crippen molar-refractivity contribution >= 4 is 17.2 Å². The van der Waals surface area contributed by atoms with Gasteiger partial charge in [0, 0.05) is 12.6 Å². The van der Waals surface area contributed by atoms with E-state index in [0.717, 1.165) is 5.56 Å². The summed E-state index contributed by atoms with van der Waals surface area (Å²) in [7, 11) is 1.74. The van der Waals surface area contributed by atoms with Gasteiger partial charge in [-0.1, -0.05) is 30.4 Å². The summed E-state index contributed by atoms with van der Waals surface area (Å²) in [4.78, 5) is 4.88. The van der Waals surface area contributed by atoms with Gasteiger partial charge in [-0.15, -0.1) is 0 Å². The molecule has 0 aliphatic rings. The molecule has 0 unspecified atom stereocenters. The number of oxazole rings is 1. The average Bonchev–Trinajstić information content (AvgIpc) is 2.83. The van der Waals surface area contributed by atoms with Crippen LogP contribution in [-0.2, 0) is 0 Å². The predicted octanol–water partition coefficient (Wildman–Crippen LogP) is 2.64. The van der Waals surface area contributed by atoms with Gasteiger partial charge in [0.05, 0.1) is 6.61 Å². The van der Waals surface area contributed by atoms with Crippen LogP contribution in [0.15, 0.2) is 34.7 Å². The van der Waals surface area contributed by atoms with Crippen molar-refractivity contribution in [3.05, 3.63) is 36.0 Å². The Bertz CT molecular complexity index is 537. The summed E-state index contributed by atoms with van der Waals surface area (Å²) < 4.78 is 11.0. The number of thiocarbonyl (C=S) groups is 1. The zero-order valence-corrected chi connectivity index (χ0v) is 11.1. The van der Waals surface area contributed by atoms with E-state index in [-0.39, 0.29) is 0 Å². The van der Waals surface area contributed by atoms with Crippen molar-refractivity contribution < 1.29 is 9.15 Å². The van der Waals surface area contributed by atoms with Gasteiger partial charge in [0.15, 0.2) is 5.69 Å².